The van der Waals surface area contributed by atoms with Crippen molar-refractivity contribution in [3.63, 3.8) is 0 Å². The summed E-state index contributed by atoms with van der Waals surface area (Å²) in [5, 5.41) is 0. The number of halogens is 1. The maximum atomic E-state index is 11.7. The highest BCUT2D eigenvalue weighted by Crippen LogP contribution is 2.03. The van der Waals surface area contributed by atoms with Gasteiger partial charge in [0, 0.05) is 33.1 Å². The number of rotatable bonds is 8. The number of hydrogen-bond acceptors (Lipinski definition) is 3. The molecule has 0 saturated heterocycles. The molecule has 1 unspecified atom stereocenters. The molecule has 0 N–H and O–H groups in total. The fourth-order valence-electron chi connectivity index (χ4n) is 1.34. The summed E-state index contributed by atoms with van der Waals surface area (Å²) in [6, 6.07) is 0.0564. The van der Waals surface area contributed by atoms with Crippen LogP contribution in [0.15, 0.2) is 0 Å². The maximum Gasteiger partial charge on any atom is 0.224 e. The molecule has 0 aliphatic carbocycles. The van der Waals surface area contributed by atoms with Gasteiger partial charge in [-0.2, -0.15) is 0 Å². The second kappa shape index (κ2) is 8.95. The van der Waals surface area contributed by atoms with Crippen molar-refractivity contribution >= 4 is 17.5 Å². The predicted molar refractivity (Wildman–Crippen MR) is 60.3 cm³/mol. The van der Waals surface area contributed by atoms with Crippen LogP contribution in [0.1, 0.15) is 13.3 Å². The zero-order valence-electron chi connectivity index (χ0n) is 9.66. The van der Waals surface area contributed by atoms with Crippen molar-refractivity contribution in [3.05, 3.63) is 0 Å². The monoisotopic (exact) mass is 237 g/mol. The summed E-state index contributed by atoms with van der Waals surface area (Å²) in [6.45, 7) is 3.59. The Morgan fingerprint density at radius 2 is 2.07 bits per heavy atom. The van der Waals surface area contributed by atoms with Crippen LogP contribution in [-0.2, 0) is 14.3 Å². The van der Waals surface area contributed by atoms with E-state index in [0.29, 0.717) is 32.1 Å². The fraction of sp³-hybridized carbons (Fsp3) is 0.900. The lowest BCUT2D eigenvalue weighted by Gasteiger charge is -2.28. The van der Waals surface area contributed by atoms with Crippen LogP contribution in [0.3, 0.4) is 0 Å². The van der Waals surface area contributed by atoms with E-state index < -0.39 is 0 Å². The minimum absolute atomic E-state index is 0.0478. The van der Waals surface area contributed by atoms with Gasteiger partial charge in [-0.3, -0.25) is 4.79 Å². The third-order valence-corrected chi connectivity index (χ3v) is 2.29. The molecule has 1 atom stereocenters. The molecule has 90 valence electrons. The third-order valence-electron chi connectivity index (χ3n) is 2.10. The second-order valence-corrected chi connectivity index (χ2v) is 3.70. The molecule has 0 aliphatic heterocycles. The van der Waals surface area contributed by atoms with Gasteiger partial charge in [0.2, 0.25) is 5.91 Å². The summed E-state index contributed by atoms with van der Waals surface area (Å²) >= 11 is 5.55. The molecule has 0 saturated carbocycles. The van der Waals surface area contributed by atoms with Crippen LogP contribution in [0, 0.1) is 0 Å². The summed E-state index contributed by atoms with van der Waals surface area (Å²) in [7, 11) is 3.24. The minimum Gasteiger partial charge on any atom is -0.383 e. The van der Waals surface area contributed by atoms with Crippen molar-refractivity contribution in [1.82, 2.24) is 4.90 Å². The average molecular weight is 238 g/mol. The van der Waals surface area contributed by atoms with Crippen molar-refractivity contribution in [2.24, 2.45) is 0 Å². The summed E-state index contributed by atoms with van der Waals surface area (Å²) in [5.41, 5.74) is 0. The smallest absolute Gasteiger partial charge is 0.224 e. The Bertz CT molecular complexity index is 178. The zero-order chi connectivity index (χ0) is 11.7. The molecular weight excluding hydrogens is 218 g/mol. The van der Waals surface area contributed by atoms with Crippen LogP contribution < -0.4 is 0 Å². The number of methoxy groups -OCH3 is 2. The van der Waals surface area contributed by atoms with Crippen molar-refractivity contribution in [2.75, 3.05) is 39.9 Å². The van der Waals surface area contributed by atoms with Crippen molar-refractivity contribution in [2.45, 2.75) is 19.4 Å². The van der Waals surface area contributed by atoms with E-state index in [-0.39, 0.29) is 11.9 Å². The van der Waals surface area contributed by atoms with Gasteiger partial charge in [0.05, 0.1) is 19.3 Å². The van der Waals surface area contributed by atoms with Crippen LogP contribution >= 0.6 is 11.6 Å². The lowest BCUT2D eigenvalue weighted by molar-refractivity contribution is -0.134. The number of ether oxygens (including phenoxy) is 2. The molecule has 15 heavy (non-hydrogen) atoms. The molecule has 0 fully saturated rings. The number of carbonyl (C=O) groups is 1. The van der Waals surface area contributed by atoms with E-state index in [1.54, 1.807) is 19.1 Å². The van der Waals surface area contributed by atoms with E-state index in [2.05, 4.69) is 0 Å². The molecule has 0 aliphatic rings. The lowest BCUT2D eigenvalue weighted by atomic mass is 10.2. The largest absolute Gasteiger partial charge is 0.383 e. The number of carbonyl (C=O) groups excluding carboxylic acids is 1. The SMILES string of the molecule is COCCN(C(=O)CCCl)C(C)COC. The summed E-state index contributed by atoms with van der Waals surface area (Å²) in [5.74, 6) is 0.397. The molecular formula is C10H20ClNO3. The number of hydrogen-bond donors (Lipinski definition) is 0. The standard InChI is InChI=1S/C10H20ClNO3/c1-9(8-15-3)12(6-7-14-2)10(13)4-5-11/h9H,4-8H2,1-3H3. The highest BCUT2D eigenvalue weighted by molar-refractivity contribution is 6.18. The van der Waals surface area contributed by atoms with Crippen molar-refractivity contribution in [1.29, 1.82) is 0 Å². The van der Waals surface area contributed by atoms with Gasteiger partial charge >= 0.3 is 0 Å². The Kier molecular flexibility index (Phi) is 8.76. The first kappa shape index (κ1) is 14.7. The van der Waals surface area contributed by atoms with Gasteiger partial charge in [0.1, 0.15) is 0 Å². The predicted octanol–water partition coefficient (Wildman–Crippen LogP) is 1.13. The molecule has 0 rings (SSSR count). The third kappa shape index (κ3) is 5.97. The molecule has 5 heteroatoms. The Hall–Kier alpha value is -0.320. The van der Waals surface area contributed by atoms with Crippen LogP contribution in [0.5, 0.6) is 0 Å². The van der Waals surface area contributed by atoms with E-state index >= 15 is 0 Å². The quantitative estimate of drug-likeness (QED) is 0.594. The molecule has 0 radical (unpaired) electrons. The highest BCUT2D eigenvalue weighted by Gasteiger charge is 2.18. The summed E-state index contributed by atoms with van der Waals surface area (Å²) < 4.78 is 9.99. The maximum absolute atomic E-state index is 11.7. The van der Waals surface area contributed by atoms with E-state index in [1.807, 2.05) is 6.92 Å². The molecule has 0 heterocycles. The van der Waals surface area contributed by atoms with Crippen LogP contribution in [0.25, 0.3) is 0 Å². The molecule has 0 bridgehead atoms. The van der Waals surface area contributed by atoms with Gasteiger partial charge in [-0.1, -0.05) is 0 Å². The van der Waals surface area contributed by atoms with E-state index in [9.17, 15) is 4.79 Å². The molecule has 1 amide bonds. The van der Waals surface area contributed by atoms with Gasteiger partial charge in [-0.05, 0) is 6.92 Å². The van der Waals surface area contributed by atoms with Gasteiger partial charge < -0.3 is 14.4 Å². The summed E-state index contributed by atoms with van der Waals surface area (Å²) in [6.07, 6.45) is 0.360. The molecule has 4 nitrogen and oxygen atoms in total. The van der Waals surface area contributed by atoms with Gasteiger partial charge in [-0.25, -0.2) is 0 Å². The Balaban J connectivity index is 4.21. The number of amides is 1. The number of nitrogens with zero attached hydrogens (tertiary/aromatic N) is 1. The first-order valence-corrected chi connectivity index (χ1v) is 5.54. The number of alkyl halides is 1. The first-order chi connectivity index (χ1) is 7.17. The molecule has 0 aromatic heterocycles. The second-order valence-electron chi connectivity index (χ2n) is 3.32. The Labute approximate surface area is 96.5 Å². The lowest BCUT2D eigenvalue weighted by Crippen LogP contribution is -2.43. The van der Waals surface area contributed by atoms with Crippen molar-refractivity contribution < 1.29 is 14.3 Å². The summed E-state index contributed by atoms with van der Waals surface area (Å²) in [4.78, 5) is 13.4. The van der Waals surface area contributed by atoms with Crippen molar-refractivity contribution in [3.8, 4) is 0 Å². The van der Waals surface area contributed by atoms with Gasteiger partial charge in [0.25, 0.3) is 0 Å². The van der Waals surface area contributed by atoms with E-state index in [4.69, 9.17) is 21.1 Å². The molecule has 0 aromatic rings. The normalized spacial score (nSPS) is 12.5. The average Bonchev–Trinajstić information content (AvgIpc) is 2.19. The minimum atomic E-state index is 0.0478. The van der Waals surface area contributed by atoms with E-state index in [0.717, 1.165) is 0 Å². The van der Waals surface area contributed by atoms with Gasteiger partial charge in [-0.15, -0.1) is 11.6 Å². The molecule has 0 spiro atoms. The zero-order valence-corrected chi connectivity index (χ0v) is 10.4. The topological polar surface area (TPSA) is 38.8 Å². The highest BCUT2D eigenvalue weighted by atomic mass is 35.5. The Morgan fingerprint density at radius 3 is 2.53 bits per heavy atom. The van der Waals surface area contributed by atoms with Crippen LogP contribution in [-0.4, -0.2) is 56.7 Å². The first-order valence-electron chi connectivity index (χ1n) is 5.00. The Morgan fingerprint density at radius 1 is 1.40 bits per heavy atom. The van der Waals surface area contributed by atoms with Crippen LogP contribution in [0.4, 0.5) is 0 Å². The van der Waals surface area contributed by atoms with Crippen LogP contribution in [0.2, 0.25) is 0 Å². The van der Waals surface area contributed by atoms with Gasteiger partial charge in [0.15, 0.2) is 0 Å². The molecule has 0 aromatic carbocycles. The fourth-order valence-corrected chi connectivity index (χ4v) is 1.50. The van der Waals surface area contributed by atoms with E-state index in [1.165, 1.54) is 0 Å².